The summed E-state index contributed by atoms with van der Waals surface area (Å²) in [5.41, 5.74) is 1.34. The first kappa shape index (κ1) is 14.8. The second-order valence-corrected chi connectivity index (χ2v) is 5.32. The molecule has 0 radical (unpaired) electrons. The van der Waals surface area contributed by atoms with Gasteiger partial charge in [-0.1, -0.05) is 24.9 Å². The molecule has 2 heterocycles. The summed E-state index contributed by atoms with van der Waals surface area (Å²) in [6, 6.07) is 3.31. The third kappa shape index (κ3) is 3.93. The predicted octanol–water partition coefficient (Wildman–Crippen LogP) is 1.70. The van der Waals surface area contributed by atoms with E-state index in [9.17, 15) is 9.59 Å². The molecule has 1 saturated heterocycles. The van der Waals surface area contributed by atoms with E-state index in [0.717, 1.165) is 18.5 Å². The van der Waals surface area contributed by atoms with Crippen LogP contribution in [0.5, 0.6) is 0 Å². The maximum absolute atomic E-state index is 12.2. The Labute approximate surface area is 123 Å². The van der Waals surface area contributed by atoms with Crippen molar-refractivity contribution in [1.29, 1.82) is 0 Å². The molecule has 0 aliphatic carbocycles. The molecule has 2 rings (SSSR count). The van der Waals surface area contributed by atoms with Crippen LogP contribution in [-0.4, -0.2) is 29.4 Å². The van der Waals surface area contributed by atoms with Crippen molar-refractivity contribution in [3.63, 3.8) is 0 Å². The number of pyridine rings is 1. The van der Waals surface area contributed by atoms with Crippen LogP contribution in [0.4, 0.5) is 0 Å². The van der Waals surface area contributed by atoms with Crippen LogP contribution in [0.2, 0.25) is 5.15 Å². The second kappa shape index (κ2) is 6.70. The molecular weight excluding hydrogens is 278 g/mol. The minimum atomic E-state index is -0.173. The van der Waals surface area contributed by atoms with Gasteiger partial charge in [-0.25, -0.2) is 4.98 Å². The Hall–Kier alpha value is -1.62. The van der Waals surface area contributed by atoms with Gasteiger partial charge in [0.25, 0.3) is 5.91 Å². The third-order valence-corrected chi connectivity index (χ3v) is 3.41. The number of hydrogen-bond donors (Lipinski definition) is 2. The van der Waals surface area contributed by atoms with Crippen LogP contribution >= 0.6 is 11.6 Å². The highest BCUT2D eigenvalue weighted by atomic mass is 35.5. The zero-order chi connectivity index (χ0) is 14.5. The molecule has 1 unspecified atom stereocenters. The molecule has 0 bridgehead atoms. The van der Waals surface area contributed by atoms with E-state index >= 15 is 0 Å². The lowest BCUT2D eigenvalue weighted by molar-refractivity contribution is -0.122. The van der Waals surface area contributed by atoms with Crippen LogP contribution in [0.25, 0.3) is 0 Å². The first-order valence-corrected chi connectivity index (χ1v) is 7.20. The summed E-state index contributed by atoms with van der Waals surface area (Å²) in [6.45, 7) is 2.53. The van der Waals surface area contributed by atoms with E-state index in [-0.39, 0.29) is 17.9 Å². The molecule has 108 valence electrons. The van der Waals surface area contributed by atoms with Gasteiger partial charge < -0.3 is 10.6 Å². The summed E-state index contributed by atoms with van der Waals surface area (Å²) in [7, 11) is 0. The smallest absolute Gasteiger partial charge is 0.251 e. The second-order valence-electron chi connectivity index (χ2n) is 4.93. The number of halogens is 1. The molecule has 2 amide bonds. The first-order chi connectivity index (χ1) is 9.58. The first-order valence-electron chi connectivity index (χ1n) is 6.82. The van der Waals surface area contributed by atoms with Gasteiger partial charge >= 0.3 is 0 Å². The van der Waals surface area contributed by atoms with Crippen LogP contribution in [0.3, 0.4) is 0 Å². The number of rotatable bonds is 4. The summed E-state index contributed by atoms with van der Waals surface area (Å²) in [5.74, 6) is -0.138. The average Bonchev–Trinajstić information content (AvgIpc) is 2.41. The van der Waals surface area contributed by atoms with Crippen molar-refractivity contribution in [1.82, 2.24) is 15.6 Å². The molecule has 1 atom stereocenters. The van der Waals surface area contributed by atoms with Gasteiger partial charge in [-0.15, -0.1) is 0 Å². The van der Waals surface area contributed by atoms with Crippen LogP contribution < -0.4 is 10.6 Å². The van der Waals surface area contributed by atoms with Gasteiger partial charge in [-0.05, 0) is 25.0 Å². The Morgan fingerprint density at radius 1 is 1.55 bits per heavy atom. The standard InChI is InChI=1S/C14H18ClN3O2/c1-2-3-10-6-9(7-12(15)17-10)14(20)18-11-4-5-13(19)16-8-11/h6-7,11H,2-5,8H2,1H3,(H,16,19)(H,18,20). The highest BCUT2D eigenvalue weighted by Crippen LogP contribution is 2.13. The Bertz CT molecular complexity index is 509. The normalized spacial score (nSPS) is 18.5. The van der Waals surface area contributed by atoms with E-state index in [1.165, 1.54) is 0 Å². The van der Waals surface area contributed by atoms with E-state index in [0.29, 0.717) is 30.1 Å². The Morgan fingerprint density at radius 2 is 2.35 bits per heavy atom. The van der Waals surface area contributed by atoms with Crippen molar-refractivity contribution >= 4 is 23.4 Å². The minimum Gasteiger partial charge on any atom is -0.354 e. The lowest BCUT2D eigenvalue weighted by Gasteiger charge is -2.23. The number of amides is 2. The Balaban J connectivity index is 2.03. The molecule has 0 saturated carbocycles. The Kier molecular flexibility index (Phi) is 4.95. The molecule has 0 spiro atoms. The summed E-state index contributed by atoms with van der Waals surface area (Å²) < 4.78 is 0. The monoisotopic (exact) mass is 295 g/mol. The van der Waals surface area contributed by atoms with E-state index in [1.807, 2.05) is 6.92 Å². The van der Waals surface area contributed by atoms with Gasteiger partial charge in [0.2, 0.25) is 5.91 Å². The van der Waals surface area contributed by atoms with Gasteiger partial charge in [0.05, 0.1) is 0 Å². The molecule has 1 aliphatic heterocycles. The fourth-order valence-corrected chi connectivity index (χ4v) is 2.42. The van der Waals surface area contributed by atoms with Crippen LogP contribution in [0, 0.1) is 0 Å². The zero-order valence-corrected chi connectivity index (χ0v) is 12.2. The van der Waals surface area contributed by atoms with Crippen molar-refractivity contribution in [2.24, 2.45) is 0 Å². The highest BCUT2D eigenvalue weighted by molar-refractivity contribution is 6.29. The fraction of sp³-hybridized carbons (Fsp3) is 0.500. The number of carbonyl (C=O) groups excluding carboxylic acids is 2. The third-order valence-electron chi connectivity index (χ3n) is 3.22. The predicted molar refractivity (Wildman–Crippen MR) is 76.7 cm³/mol. The van der Waals surface area contributed by atoms with E-state index in [1.54, 1.807) is 12.1 Å². The lowest BCUT2D eigenvalue weighted by atomic mass is 10.1. The number of piperidine rings is 1. The number of aromatic nitrogens is 1. The van der Waals surface area contributed by atoms with E-state index in [2.05, 4.69) is 15.6 Å². The van der Waals surface area contributed by atoms with Crippen molar-refractivity contribution in [2.45, 2.75) is 38.6 Å². The summed E-state index contributed by atoms with van der Waals surface area (Å²) >= 11 is 5.94. The summed E-state index contributed by atoms with van der Waals surface area (Å²) in [5, 5.41) is 5.98. The van der Waals surface area contributed by atoms with E-state index in [4.69, 9.17) is 11.6 Å². The van der Waals surface area contributed by atoms with Crippen LogP contribution in [-0.2, 0) is 11.2 Å². The molecule has 5 nitrogen and oxygen atoms in total. The molecule has 1 aromatic rings. The van der Waals surface area contributed by atoms with Crippen molar-refractivity contribution in [3.05, 3.63) is 28.5 Å². The molecule has 6 heteroatoms. The SMILES string of the molecule is CCCc1cc(C(=O)NC2CCC(=O)NC2)cc(Cl)n1. The number of hydrogen-bond acceptors (Lipinski definition) is 3. The molecule has 0 aromatic carbocycles. The number of nitrogens with zero attached hydrogens (tertiary/aromatic N) is 1. The van der Waals surface area contributed by atoms with Gasteiger partial charge in [-0.2, -0.15) is 0 Å². The molecule has 1 fully saturated rings. The number of carbonyl (C=O) groups is 2. The maximum Gasteiger partial charge on any atom is 0.251 e. The van der Waals surface area contributed by atoms with Gasteiger partial charge in [0.1, 0.15) is 5.15 Å². The van der Waals surface area contributed by atoms with Gasteiger partial charge in [0.15, 0.2) is 0 Å². The topological polar surface area (TPSA) is 71.1 Å². The highest BCUT2D eigenvalue weighted by Gasteiger charge is 2.20. The number of aryl methyl sites for hydroxylation is 1. The van der Waals surface area contributed by atoms with Crippen molar-refractivity contribution in [2.75, 3.05) is 6.54 Å². The Morgan fingerprint density at radius 3 is 3.00 bits per heavy atom. The molecule has 1 aromatic heterocycles. The van der Waals surface area contributed by atoms with Gasteiger partial charge in [0, 0.05) is 30.3 Å². The molecule has 1 aliphatic rings. The van der Waals surface area contributed by atoms with Crippen LogP contribution in [0.15, 0.2) is 12.1 Å². The average molecular weight is 296 g/mol. The van der Waals surface area contributed by atoms with Crippen molar-refractivity contribution in [3.8, 4) is 0 Å². The van der Waals surface area contributed by atoms with Crippen LogP contribution in [0.1, 0.15) is 42.2 Å². The molecular formula is C14H18ClN3O2. The molecule has 20 heavy (non-hydrogen) atoms. The minimum absolute atomic E-state index is 0.0261. The fourth-order valence-electron chi connectivity index (χ4n) is 2.19. The zero-order valence-electron chi connectivity index (χ0n) is 11.4. The largest absolute Gasteiger partial charge is 0.354 e. The lowest BCUT2D eigenvalue weighted by Crippen LogP contribution is -2.47. The van der Waals surface area contributed by atoms with E-state index < -0.39 is 0 Å². The maximum atomic E-state index is 12.2. The summed E-state index contributed by atoms with van der Waals surface area (Å²) in [6.07, 6.45) is 2.85. The molecule has 2 N–H and O–H groups in total. The summed E-state index contributed by atoms with van der Waals surface area (Å²) in [4.78, 5) is 27.5. The quantitative estimate of drug-likeness (QED) is 0.831. The van der Waals surface area contributed by atoms with Gasteiger partial charge in [-0.3, -0.25) is 9.59 Å². The number of nitrogens with one attached hydrogen (secondary N) is 2. The van der Waals surface area contributed by atoms with Crippen molar-refractivity contribution < 1.29 is 9.59 Å².